The molecule has 124 valence electrons. The number of amides is 1. The fourth-order valence-corrected chi connectivity index (χ4v) is 2.93. The number of rotatable bonds is 6. The maximum absolute atomic E-state index is 11.9. The molecule has 1 aliphatic rings. The largest absolute Gasteiger partial charge is 0.444 e. The Morgan fingerprint density at radius 2 is 1.95 bits per heavy atom. The van der Waals surface area contributed by atoms with E-state index in [0.717, 1.165) is 6.42 Å². The van der Waals surface area contributed by atoms with Gasteiger partial charge in [0.2, 0.25) is 0 Å². The Hall–Kier alpha value is -0.810. The highest BCUT2D eigenvalue weighted by molar-refractivity contribution is 5.68. The first kappa shape index (κ1) is 18.2. The molecular weight excluding hydrogens is 268 g/mol. The molecule has 0 aromatic carbocycles. The number of hydrogen-bond donors (Lipinski definition) is 3. The minimum atomic E-state index is -0.607. The zero-order valence-corrected chi connectivity index (χ0v) is 13.7. The molecule has 1 amide bonds. The normalized spacial score (nSPS) is 19.9. The van der Waals surface area contributed by atoms with Crippen molar-refractivity contribution >= 4 is 6.09 Å². The van der Waals surface area contributed by atoms with Gasteiger partial charge in [0, 0.05) is 0 Å². The number of nitrogens with one attached hydrogen (secondary N) is 1. The van der Waals surface area contributed by atoms with Crippen LogP contribution in [0.15, 0.2) is 0 Å². The van der Waals surface area contributed by atoms with Crippen molar-refractivity contribution in [3.63, 3.8) is 0 Å². The highest BCUT2D eigenvalue weighted by atomic mass is 16.6. The number of hydrogen-bond acceptors (Lipinski definition) is 4. The third kappa shape index (κ3) is 7.67. The van der Waals surface area contributed by atoms with E-state index < -0.39 is 17.8 Å². The van der Waals surface area contributed by atoms with Gasteiger partial charge in [0.1, 0.15) is 5.60 Å². The van der Waals surface area contributed by atoms with Crippen LogP contribution in [0.5, 0.6) is 0 Å². The van der Waals surface area contributed by atoms with Crippen molar-refractivity contribution in [1.82, 2.24) is 5.32 Å². The molecule has 0 aliphatic heterocycles. The summed E-state index contributed by atoms with van der Waals surface area (Å²) in [5.41, 5.74) is 5.00. The molecule has 1 aliphatic carbocycles. The predicted octanol–water partition coefficient (Wildman–Crippen LogP) is 2.56. The van der Waals surface area contributed by atoms with Gasteiger partial charge in [-0.05, 0) is 46.1 Å². The van der Waals surface area contributed by atoms with E-state index in [-0.39, 0.29) is 6.04 Å². The molecule has 1 fully saturated rings. The average molecular weight is 300 g/mol. The lowest BCUT2D eigenvalue weighted by atomic mass is 9.83. The number of carbonyl (C=O) groups is 1. The van der Waals surface area contributed by atoms with E-state index in [9.17, 15) is 9.90 Å². The summed E-state index contributed by atoms with van der Waals surface area (Å²) in [5.74, 6) is 0.575. The molecule has 0 aromatic rings. The average Bonchev–Trinajstić information content (AvgIpc) is 2.37. The smallest absolute Gasteiger partial charge is 0.407 e. The van der Waals surface area contributed by atoms with Gasteiger partial charge in [-0.2, -0.15) is 0 Å². The number of nitrogens with two attached hydrogens (primary N) is 1. The molecular formula is C16H32N2O3. The van der Waals surface area contributed by atoms with Gasteiger partial charge in [0.15, 0.2) is 0 Å². The zero-order valence-electron chi connectivity index (χ0n) is 13.7. The van der Waals surface area contributed by atoms with E-state index in [1.165, 1.54) is 32.1 Å². The Labute approximate surface area is 128 Å². The van der Waals surface area contributed by atoms with Crippen molar-refractivity contribution in [1.29, 1.82) is 0 Å². The lowest BCUT2D eigenvalue weighted by Crippen LogP contribution is -2.47. The SMILES string of the molecule is CC(C)(C)OC(=O)N[C@@H](CC1CCCCC1)[C@@H](O)CCN. The molecule has 0 radical (unpaired) electrons. The van der Waals surface area contributed by atoms with E-state index in [1.807, 2.05) is 20.8 Å². The van der Waals surface area contributed by atoms with Gasteiger partial charge in [0.05, 0.1) is 12.1 Å². The Balaban J connectivity index is 2.56. The molecule has 0 unspecified atom stereocenters. The van der Waals surface area contributed by atoms with Gasteiger partial charge in [-0.25, -0.2) is 4.79 Å². The van der Waals surface area contributed by atoms with Gasteiger partial charge in [-0.1, -0.05) is 32.1 Å². The Kier molecular flexibility index (Phi) is 7.46. The van der Waals surface area contributed by atoms with Crippen LogP contribution in [-0.4, -0.2) is 35.5 Å². The standard InChI is InChI=1S/C16H32N2O3/c1-16(2,3)21-15(20)18-13(14(19)9-10-17)11-12-7-5-4-6-8-12/h12-14,19H,4-11,17H2,1-3H3,(H,18,20)/t13-,14-/m0/s1. The summed E-state index contributed by atoms with van der Waals surface area (Å²) in [6, 6.07) is -0.272. The molecule has 1 rings (SSSR count). The predicted molar refractivity (Wildman–Crippen MR) is 84.0 cm³/mol. The van der Waals surface area contributed by atoms with Crippen molar-refractivity contribution in [2.75, 3.05) is 6.54 Å². The monoisotopic (exact) mass is 300 g/mol. The van der Waals surface area contributed by atoms with Gasteiger partial charge in [-0.3, -0.25) is 0 Å². The van der Waals surface area contributed by atoms with Crippen LogP contribution in [0.3, 0.4) is 0 Å². The van der Waals surface area contributed by atoms with E-state index in [2.05, 4.69) is 5.32 Å². The van der Waals surface area contributed by atoms with Crippen molar-refractivity contribution in [3.8, 4) is 0 Å². The van der Waals surface area contributed by atoms with Crippen molar-refractivity contribution < 1.29 is 14.6 Å². The summed E-state index contributed by atoms with van der Waals surface area (Å²) >= 11 is 0. The molecule has 0 bridgehead atoms. The van der Waals surface area contributed by atoms with Gasteiger partial charge < -0.3 is 20.9 Å². The molecule has 4 N–H and O–H groups in total. The van der Waals surface area contributed by atoms with Crippen LogP contribution in [0, 0.1) is 5.92 Å². The third-order valence-electron chi connectivity index (χ3n) is 3.94. The zero-order chi connectivity index (χ0) is 15.9. The maximum atomic E-state index is 11.9. The van der Waals surface area contributed by atoms with Gasteiger partial charge >= 0.3 is 6.09 Å². The summed E-state index contributed by atoms with van der Waals surface area (Å²) in [5, 5.41) is 13.1. The van der Waals surface area contributed by atoms with Crippen LogP contribution < -0.4 is 11.1 Å². The number of aliphatic hydroxyl groups excluding tert-OH is 1. The summed E-state index contributed by atoms with van der Waals surface area (Å²) < 4.78 is 5.29. The van der Waals surface area contributed by atoms with Crippen LogP contribution in [0.1, 0.15) is 65.7 Å². The molecule has 21 heavy (non-hydrogen) atoms. The fourth-order valence-electron chi connectivity index (χ4n) is 2.93. The highest BCUT2D eigenvalue weighted by Gasteiger charge is 2.27. The first-order chi connectivity index (χ1) is 9.81. The highest BCUT2D eigenvalue weighted by Crippen LogP contribution is 2.28. The van der Waals surface area contributed by atoms with E-state index in [1.54, 1.807) is 0 Å². The quantitative estimate of drug-likeness (QED) is 0.704. The van der Waals surface area contributed by atoms with E-state index >= 15 is 0 Å². The van der Waals surface area contributed by atoms with E-state index in [4.69, 9.17) is 10.5 Å². The number of carbonyl (C=O) groups excluding carboxylic acids is 1. The fraction of sp³-hybridized carbons (Fsp3) is 0.938. The second-order valence-corrected chi connectivity index (χ2v) is 7.14. The lowest BCUT2D eigenvalue weighted by Gasteiger charge is -2.31. The van der Waals surface area contributed by atoms with E-state index in [0.29, 0.717) is 18.9 Å². The minimum absolute atomic E-state index is 0.272. The number of alkyl carbamates (subject to hydrolysis) is 1. The second-order valence-electron chi connectivity index (χ2n) is 7.14. The molecule has 2 atom stereocenters. The molecule has 0 saturated heterocycles. The molecule has 5 nitrogen and oxygen atoms in total. The Morgan fingerprint density at radius 3 is 2.48 bits per heavy atom. The van der Waals surface area contributed by atoms with Crippen LogP contribution in [0.25, 0.3) is 0 Å². The summed E-state index contributed by atoms with van der Waals surface area (Å²) in [7, 11) is 0. The molecule has 1 saturated carbocycles. The molecule has 0 heterocycles. The van der Waals surface area contributed by atoms with Crippen molar-refractivity contribution in [3.05, 3.63) is 0 Å². The second kappa shape index (κ2) is 8.59. The first-order valence-electron chi connectivity index (χ1n) is 8.19. The third-order valence-corrected chi connectivity index (χ3v) is 3.94. The van der Waals surface area contributed by atoms with Crippen molar-refractivity contribution in [2.45, 2.75) is 83.5 Å². The van der Waals surface area contributed by atoms with Crippen LogP contribution >= 0.6 is 0 Å². The maximum Gasteiger partial charge on any atom is 0.407 e. The van der Waals surface area contributed by atoms with Gasteiger partial charge in [0.25, 0.3) is 0 Å². The number of aliphatic hydroxyl groups is 1. The summed E-state index contributed by atoms with van der Waals surface area (Å²) in [6.07, 6.45) is 6.39. The van der Waals surface area contributed by atoms with Gasteiger partial charge in [-0.15, -0.1) is 0 Å². The van der Waals surface area contributed by atoms with Crippen LogP contribution in [-0.2, 0) is 4.74 Å². The lowest BCUT2D eigenvalue weighted by molar-refractivity contribution is 0.0384. The Bertz CT molecular complexity index is 309. The molecule has 0 aromatic heterocycles. The first-order valence-corrected chi connectivity index (χ1v) is 8.19. The summed E-state index contributed by atoms with van der Waals surface area (Å²) in [4.78, 5) is 11.9. The van der Waals surface area contributed by atoms with Crippen LogP contribution in [0.4, 0.5) is 4.79 Å². The van der Waals surface area contributed by atoms with Crippen LogP contribution in [0.2, 0.25) is 0 Å². The topological polar surface area (TPSA) is 84.6 Å². The number of ether oxygens (including phenoxy) is 1. The molecule has 0 spiro atoms. The Morgan fingerprint density at radius 1 is 1.33 bits per heavy atom. The summed E-state index contributed by atoms with van der Waals surface area (Å²) in [6.45, 7) is 5.91. The minimum Gasteiger partial charge on any atom is -0.444 e. The molecule has 5 heteroatoms. The van der Waals surface area contributed by atoms with Crippen molar-refractivity contribution in [2.24, 2.45) is 11.7 Å².